The van der Waals surface area contributed by atoms with E-state index >= 15 is 0 Å². The molecule has 6 nitrogen and oxygen atoms in total. The first-order valence-corrected chi connectivity index (χ1v) is 7.95. The molecule has 6 heteroatoms. The second kappa shape index (κ2) is 6.92. The molecule has 0 bridgehead atoms. The van der Waals surface area contributed by atoms with Gasteiger partial charge in [-0.05, 0) is 30.3 Å². The van der Waals surface area contributed by atoms with Gasteiger partial charge in [-0.1, -0.05) is 18.2 Å². The Balaban J connectivity index is 1.69. The Morgan fingerprint density at radius 3 is 2.36 bits per heavy atom. The summed E-state index contributed by atoms with van der Waals surface area (Å²) in [5, 5.41) is 8.02. The lowest BCUT2D eigenvalue weighted by Crippen LogP contribution is -2.03. The maximum atomic E-state index is 4.77. The third-order valence-electron chi connectivity index (χ3n) is 3.77. The normalized spacial score (nSPS) is 10.6. The Bertz CT molecular complexity index is 936. The number of anilines is 1. The van der Waals surface area contributed by atoms with Crippen molar-refractivity contribution >= 4 is 5.95 Å². The van der Waals surface area contributed by atoms with Crippen LogP contribution in [0.1, 0.15) is 5.56 Å². The quantitative estimate of drug-likeness (QED) is 0.608. The first kappa shape index (κ1) is 15.0. The number of aromatic nitrogens is 5. The highest BCUT2D eigenvalue weighted by Crippen LogP contribution is 2.23. The summed E-state index contributed by atoms with van der Waals surface area (Å²) in [6, 6.07) is 15.8. The highest BCUT2D eigenvalue weighted by atomic mass is 15.3. The van der Waals surface area contributed by atoms with Crippen molar-refractivity contribution in [2.45, 2.75) is 6.54 Å². The summed E-state index contributed by atoms with van der Waals surface area (Å²) in [6.07, 6.45) is 9.00. The van der Waals surface area contributed by atoms with Gasteiger partial charge in [0.1, 0.15) is 0 Å². The van der Waals surface area contributed by atoms with Gasteiger partial charge in [0, 0.05) is 48.7 Å². The molecular weight excluding hydrogens is 312 g/mol. The molecule has 0 aliphatic heterocycles. The fourth-order valence-corrected chi connectivity index (χ4v) is 2.57. The molecule has 1 N–H and O–H groups in total. The molecule has 4 aromatic rings. The van der Waals surface area contributed by atoms with Crippen molar-refractivity contribution in [3.8, 4) is 16.9 Å². The topological polar surface area (TPSA) is 68.5 Å². The molecular formula is C19H16N6. The Morgan fingerprint density at radius 1 is 0.840 bits per heavy atom. The van der Waals surface area contributed by atoms with E-state index in [0.29, 0.717) is 12.5 Å². The fraction of sp³-hybridized carbons (Fsp3) is 0.0526. The van der Waals surface area contributed by atoms with E-state index in [1.807, 2.05) is 53.3 Å². The lowest BCUT2D eigenvalue weighted by atomic mass is 10.1. The summed E-state index contributed by atoms with van der Waals surface area (Å²) in [5.74, 6) is 0.593. The first-order chi connectivity index (χ1) is 12.4. The zero-order chi connectivity index (χ0) is 16.9. The highest BCUT2D eigenvalue weighted by molar-refractivity contribution is 5.63. The van der Waals surface area contributed by atoms with Crippen molar-refractivity contribution in [3.05, 3.63) is 85.1 Å². The first-order valence-electron chi connectivity index (χ1n) is 7.95. The largest absolute Gasteiger partial charge is 0.350 e. The van der Waals surface area contributed by atoms with Gasteiger partial charge in [0.25, 0.3) is 0 Å². The van der Waals surface area contributed by atoms with Gasteiger partial charge in [0.05, 0.1) is 11.4 Å². The van der Waals surface area contributed by atoms with Gasteiger partial charge in [-0.25, -0.2) is 14.6 Å². The van der Waals surface area contributed by atoms with E-state index in [0.717, 1.165) is 22.5 Å². The van der Waals surface area contributed by atoms with Crippen LogP contribution in [0.25, 0.3) is 16.9 Å². The van der Waals surface area contributed by atoms with Crippen molar-refractivity contribution in [1.29, 1.82) is 0 Å². The van der Waals surface area contributed by atoms with Gasteiger partial charge < -0.3 is 5.32 Å². The molecule has 0 saturated heterocycles. The molecule has 122 valence electrons. The van der Waals surface area contributed by atoms with Crippen molar-refractivity contribution in [1.82, 2.24) is 24.7 Å². The third-order valence-corrected chi connectivity index (χ3v) is 3.77. The molecule has 3 heterocycles. The standard InChI is InChI=1S/C19H16N6/c1-2-5-17(6-3-1)25-14-16(13-23-19-21-9-4-10-22-19)18(24-25)15-7-11-20-12-8-15/h1-12,14H,13H2,(H,21,22,23). The van der Waals surface area contributed by atoms with Crippen LogP contribution in [0.3, 0.4) is 0 Å². The number of nitrogens with zero attached hydrogens (tertiary/aromatic N) is 5. The Morgan fingerprint density at radius 2 is 1.60 bits per heavy atom. The molecule has 1 aromatic carbocycles. The summed E-state index contributed by atoms with van der Waals surface area (Å²) in [7, 11) is 0. The van der Waals surface area contributed by atoms with Crippen LogP contribution >= 0.6 is 0 Å². The number of benzene rings is 1. The Kier molecular flexibility index (Phi) is 4.16. The molecule has 0 atom stereocenters. The van der Waals surface area contributed by atoms with Crippen LogP contribution in [0.15, 0.2) is 79.5 Å². The third kappa shape index (κ3) is 3.37. The molecule has 0 amide bonds. The molecule has 3 aromatic heterocycles. The fourth-order valence-electron chi connectivity index (χ4n) is 2.57. The summed E-state index contributed by atoms with van der Waals surface area (Å²) >= 11 is 0. The van der Waals surface area contributed by atoms with E-state index < -0.39 is 0 Å². The lowest BCUT2D eigenvalue weighted by Gasteiger charge is -2.04. The predicted molar refractivity (Wildman–Crippen MR) is 96.2 cm³/mol. The number of rotatable bonds is 5. The molecule has 0 radical (unpaired) electrons. The van der Waals surface area contributed by atoms with Crippen LogP contribution in [-0.2, 0) is 6.54 Å². The van der Waals surface area contributed by atoms with Gasteiger partial charge in [0.15, 0.2) is 0 Å². The summed E-state index contributed by atoms with van der Waals surface area (Å²) in [4.78, 5) is 12.5. The van der Waals surface area contributed by atoms with Crippen molar-refractivity contribution < 1.29 is 0 Å². The van der Waals surface area contributed by atoms with E-state index in [1.165, 1.54) is 0 Å². The molecule has 25 heavy (non-hydrogen) atoms. The van der Waals surface area contributed by atoms with Crippen LogP contribution in [0.5, 0.6) is 0 Å². The van der Waals surface area contributed by atoms with Crippen LogP contribution in [-0.4, -0.2) is 24.7 Å². The number of pyridine rings is 1. The summed E-state index contributed by atoms with van der Waals surface area (Å²) < 4.78 is 1.89. The lowest BCUT2D eigenvalue weighted by molar-refractivity contribution is 0.883. The smallest absolute Gasteiger partial charge is 0.222 e. The van der Waals surface area contributed by atoms with Crippen LogP contribution < -0.4 is 5.32 Å². The number of para-hydroxylation sites is 1. The van der Waals surface area contributed by atoms with Crippen LogP contribution in [0.2, 0.25) is 0 Å². The van der Waals surface area contributed by atoms with E-state index in [2.05, 4.69) is 20.3 Å². The van der Waals surface area contributed by atoms with Crippen molar-refractivity contribution in [3.63, 3.8) is 0 Å². The minimum absolute atomic E-state index is 0.578. The monoisotopic (exact) mass is 328 g/mol. The molecule has 0 unspecified atom stereocenters. The second-order valence-electron chi connectivity index (χ2n) is 5.44. The minimum Gasteiger partial charge on any atom is -0.350 e. The average Bonchev–Trinajstić information content (AvgIpc) is 3.13. The highest BCUT2D eigenvalue weighted by Gasteiger charge is 2.12. The van der Waals surface area contributed by atoms with Crippen LogP contribution in [0, 0.1) is 0 Å². The van der Waals surface area contributed by atoms with E-state index in [4.69, 9.17) is 5.10 Å². The molecule has 0 aliphatic carbocycles. The Labute approximate surface area is 145 Å². The Hall–Kier alpha value is -3.54. The minimum atomic E-state index is 0.578. The molecule has 0 fully saturated rings. The van der Waals surface area contributed by atoms with Gasteiger partial charge in [-0.15, -0.1) is 0 Å². The zero-order valence-electron chi connectivity index (χ0n) is 13.4. The number of hydrogen-bond acceptors (Lipinski definition) is 5. The maximum Gasteiger partial charge on any atom is 0.222 e. The molecule has 0 spiro atoms. The van der Waals surface area contributed by atoms with Gasteiger partial charge >= 0.3 is 0 Å². The van der Waals surface area contributed by atoms with Gasteiger partial charge in [-0.2, -0.15) is 5.10 Å². The summed E-state index contributed by atoms with van der Waals surface area (Å²) in [6.45, 7) is 0.578. The maximum absolute atomic E-state index is 4.77. The van der Waals surface area contributed by atoms with E-state index in [9.17, 15) is 0 Å². The number of hydrogen-bond donors (Lipinski definition) is 1. The number of nitrogens with one attached hydrogen (secondary N) is 1. The zero-order valence-corrected chi connectivity index (χ0v) is 13.4. The van der Waals surface area contributed by atoms with Crippen molar-refractivity contribution in [2.24, 2.45) is 0 Å². The van der Waals surface area contributed by atoms with Gasteiger partial charge in [-0.3, -0.25) is 4.98 Å². The van der Waals surface area contributed by atoms with E-state index in [-0.39, 0.29) is 0 Å². The second-order valence-corrected chi connectivity index (χ2v) is 5.44. The van der Waals surface area contributed by atoms with Gasteiger partial charge in [0.2, 0.25) is 5.95 Å². The summed E-state index contributed by atoms with van der Waals surface area (Å²) in [5.41, 5.74) is 4.01. The van der Waals surface area contributed by atoms with Crippen LogP contribution in [0.4, 0.5) is 5.95 Å². The van der Waals surface area contributed by atoms with Crippen molar-refractivity contribution in [2.75, 3.05) is 5.32 Å². The molecule has 0 aliphatic rings. The SMILES string of the molecule is c1ccc(-n2cc(CNc3ncccn3)c(-c3ccncc3)n2)cc1. The molecule has 0 saturated carbocycles. The average molecular weight is 328 g/mol. The predicted octanol–water partition coefficient (Wildman–Crippen LogP) is 3.34. The van der Waals surface area contributed by atoms with E-state index in [1.54, 1.807) is 30.9 Å². The molecule has 4 rings (SSSR count).